The summed E-state index contributed by atoms with van der Waals surface area (Å²) >= 11 is 0. The van der Waals surface area contributed by atoms with Crippen LogP contribution in [0.1, 0.15) is 37.7 Å². The van der Waals surface area contributed by atoms with Crippen molar-refractivity contribution in [2.75, 3.05) is 11.1 Å². The quantitative estimate of drug-likeness (QED) is 0.801. The molecule has 1 saturated carbocycles. The van der Waals surface area contributed by atoms with Gasteiger partial charge in [-0.1, -0.05) is 12.8 Å². The van der Waals surface area contributed by atoms with Crippen LogP contribution < -0.4 is 11.1 Å². The average Bonchev–Trinajstić information content (AvgIpc) is 2.84. The molecule has 0 atom stereocenters. The molecule has 0 aliphatic heterocycles. The van der Waals surface area contributed by atoms with Gasteiger partial charge in [0.15, 0.2) is 0 Å². The number of hydrogen-bond acceptors (Lipinski definition) is 3. The van der Waals surface area contributed by atoms with Gasteiger partial charge in [-0.15, -0.1) is 0 Å². The number of benzene rings is 1. The number of carbonyl (C=O) groups is 1. The monoisotopic (exact) mass is 243 g/mol. The smallest absolute Gasteiger partial charge is 0.224 e. The van der Waals surface area contributed by atoms with E-state index in [1.54, 1.807) is 18.2 Å². The molecule has 1 amide bonds. The minimum Gasteiger partial charge on any atom is -0.399 e. The Hall–Kier alpha value is -2.02. The van der Waals surface area contributed by atoms with E-state index in [9.17, 15) is 4.79 Å². The first-order valence-electron chi connectivity index (χ1n) is 6.28. The summed E-state index contributed by atoms with van der Waals surface area (Å²) in [5.41, 5.74) is 7.09. The summed E-state index contributed by atoms with van der Waals surface area (Å²) in [6.07, 6.45) is 5.28. The first-order valence-corrected chi connectivity index (χ1v) is 6.28. The van der Waals surface area contributed by atoms with Crippen LogP contribution in [0.4, 0.5) is 11.4 Å². The molecule has 0 saturated heterocycles. The summed E-state index contributed by atoms with van der Waals surface area (Å²) in [5, 5.41) is 11.8. The Morgan fingerprint density at radius 2 is 2.17 bits per heavy atom. The van der Waals surface area contributed by atoms with Crippen LogP contribution in [0.5, 0.6) is 0 Å². The number of nitrogens with zero attached hydrogens (tertiary/aromatic N) is 1. The maximum Gasteiger partial charge on any atom is 0.224 e. The summed E-state index contributed by atoms with van der Waals surface area (Å²) in [4.78, 5) is 11.9. The van der Waals surface area contributed by atoms with E-state index in [4.69, 9.17) is 11.0 Å². The molecule has 0 spiro atoms. The number of amides is 1. The minimum absolute atomic E-state index is 0.0110. The molecule has 0 radical (unpaired) electrons. The Balaban J connectivity index is 2.00. The van der Waals surface area contributed by atoms with Crippen LogP contribution >= 0.6 is 0 Å². The van der Waals surface area contributed by atoms with Crippen LogP contribution in [0.2, 0.25) is 0 Å². The number of rotatable bonds is 3. The molecule has 0 heterocycles. The number of nitrogens with two attached hydrogens (primary N) is 1. The van der Waals surface area contributed by atoms with Gasteiger partial charge in [0.25, 0.3) is 0 Å². The average molecular weight is 243 g/mol. The number of nitrogens with one attached hydrogen (secondary N) is 1. The zero-order valence-corrected chi connectivity index (χ0v) is 10.3. The maximum atomic E-state index is 11.9. The second-order valence-corrected chi connectivity index (χ2v) is 4.82. The van der Waals surface area contributed by atoms with Gasteiger partial charge in [0.1, 0.15) is 6.07 Å². The van der Waals surface area contributed by atoms with E-state index in [-0.39, 0.29) is 5.91 Å². The summed E-state index contributed by atoms with van der Waals surface area (Å²) in [7, 11) is 0. The molecule has 4 heteroatoms. The van der Waals surface area contributed by atoms with Gasteiger partial charge in [-0.3, -0.25) is 4.79 Å². The number of hydrogen-bond donors (Lipinski definition) is 2. The highest BCUT2D eigenvalue weighted by Crippen LogP contribution is 2.28. The van der Waals surface area contributed by atoms with Gasteiger partial charge in [0.05, 0.1) is 11.3 Å². The fourth-order valence-electron chi connectivity index (χ4n) is 2.44. The maximum absolute atomic E-state index is 11.9. The summed E-state index contributed by atoms with van der Waals surface area (Å²) in [6, 6.07) is 6.98. The Morgan fingerprint density at radius 3 is 2.83 bits per heavy atom. The molecule has 2 rings (SSSR count). The SMILES string of the molecule is N#Cc1cc(N)ccc1NC(=O)CC1CCCC1. The lowest BCUT2D eigenvalue weighted by atomic mass is 10.0. The topological polar surface area (TPSA) is 78.9 Å². The molecule has 1 aliphatic carbocycles. The molecule has 1 aromatic rings. The standard InChI is InChI=1S/C14H17N3O/c15-9-11-8-12(16)5-6-13(11)17-14(18)7-10-3-1-2-4-10/h5-6,8,10H,1-4,7,16H2,(H,17,18). The van der Waals surface area contributed by atoms with Gasteiger partial charge in [-0.05, 0) is 37.0 Å². The third-order valence-electron chi connectivity index (χ3n) is 3.39. The summed E-state index contributed by atoms with van der Waals surface area (Å²) in [6.45, 7) is 0. The third kappa shape index (κ3) is 3.01. The zero-order valence-electron chi connectivity index (χ0n) is 10.3. The van der Waals surface area contributed by atoms with Crippen LogP contribution in [0.15, 0.2) is 18.2 Å². The minimum atomic E-state index is -0.0110. The molecule has 0 unspecified atom stereocenters. The van der Waals surface area contributed by atoms with Crippen molar-refractivity contribution < 1.29 is 4.79 Å². The fourth-order valence-corrected chi connectivity index (χ4v) is 2.44. The molecule has 94 valence electrons. The van der Waals surface area contributed by atoms with Gasteiger partial charge in [-0.25, -0.2) is 0 Å². The summed E-state index contributed by atoms with van der Waals surface area (Å²) < 4.78 is 0. The van der Waals surface area contributed by atoms with E-state index >= 15 is 0 Å². The van der Waals surface area contributed by atoms with Gasteiger partial charge in [-0.2, -0.15) is 5.26 Å². The lowest BCUT2D eigenvalue weighted by molar-refractivity contribution is -0.117. The Bertz CT molecular complexity index is 484. The van der Waals surface area contributed by atoms with E-state index in [2.05, 4.69) is 5.32 Å². The van der Waals surface area contributed by atoms with Gasteiger partial charge >= 0.3 is 0 Å². The molecule has 4 nitrogen and oxygen atoms in total. The lowest BCUT2D eigenvalue weighted by Crippen LogP contribution is -2.15. The van der Waals surface area contributed by atoms with Crippen molar-refractivity contribution in [1.82, 2.24) is 0 Å². The predicted octanol–water partition coefficient (Wildman–Crippen LogP) is 2.66. The van der Waals surface area contributed by atoms with Crippen LogP contribution in [0.25, 0.3) is 0 Å². The lowest BCUT2D eigenvalue weighted by Gasteiger charge is -2.10. The van der Waals surface area contributed by atoms with Crippen molar-refractivity contribution in [2.45, 2.75) is 32.1 Å². The first-order chi connectivity index (χ1) is 8.69. The van der Waals surface area contributed by atoms with Crippen molar-refractivity contribution in [3.63, 3.8) is 0 Å². The van der Waals surface area contributed by atoms with Crippen molar-refractivity contribution in [1.29, 1.82) is 5.26 Å². The van der Waals surface area contributed by atoms with E-state index in [1.165, 1.54) is 12.8 Å². The van der Waals surface area contributed by atoms with Crippen molar-refractivity contribution in [3.8, 4) is 6.07 Å². The second-order valence-electron chi connectivity index (χ2n) is 4.82. The summed E-state index contributed by atoms with van der Waals surface area (Å²) in [5.74, 6) is 0.493. The fraction of sp³-hybridized carbons (Fsp3) is 0.429. The molecular formula is C14H17N3O. The first kappa shape index (κ1) is 12.4. The highest BCUT2D eigenvalue weighted by Gasteiger charge is 2.18. The molecule has 1 aromatic carbocycles. The Labute approximate surface area is 107 Å². The molecule has 18 heavy (non-hydrogen) atoms. The molecule has 1 aliphatic rings. The van der Waals surface area contributed by atoms with Gasteiger partial charge < -0.3 is 11.1 Å². The van der Waals surface area contributed by atoms with Crippen molar-refractivity contribution in [2.24, 2.45) is 5.92 Å². The molecule has 1 fully saturated rings. The van der Waals surface area contributed by atoms with Crippen LogP contribution in [-0.4, -0.2) is 5.91 Å². The van der Waals surface area contributed by atoms with Crippen LogP contribution in [0.3, 0.4) is 0 Å². The highest BCUT2D eigenvalue weighted by atomic mass is 16.1. The molecule has 3 N–H and O–H groups in total. The largest absolute Gasteiger partial charge is 0.399 e. The van der Waals surface area contributed by atoms with Crippen molar-refractivity contribution >= 4 is 17.3 Å². The van der Waals surface area contributed by atoms with Gasteiger partial charge in [0.2, 0.25) is 5.91 Å². The number of carbonyl (C=O) groups excluding carboxylic acids is 1. The third-order valence-corrected chi connectivity index (χ3v) is 3.39. The Morgan fingerprint density at radius 1 is 1.44 bits per heavy atom. The number of anilines is 2. The van der Waals surface area contributed by atoms with Crippen LogP contribution in [-0.2, 0) is 4.79 Å². The molecule has 0 aromatic heterocycles. The van der Waals surface area contributed by atoms with E-state index in [1.807, 2.05) is 6.07 Å². The van der Waals surface area contributed by atoms with Crippen LogP contribution in [0, 0.1) is 17.2 Å². The normalized spacial score (nSPS) is 15.3. The van der Waals surface area contributed by atoms with Crippen molar-refractivity contribution in [3.05, 3.63) is 23.8 Å². The van der Waals surface area contributed by atoms with Gasteiger partial charge in [0, 0.05) is 12.1 Å². The highest BCUT2D eigenvalue weighted by molar-refractivity contribution is 5.92. The second kappa shape index (κ2) is 5.54. The number of nitrogen functional groups attached to an aromatic ring is 1. The Kier molecular flexibility index (Phi) is 3.83. The zero-order chi connectivity index (χ0) is 13.0. The van der Waals surface area contributed by atoms with E-state index in [0.717, 1.165) is 12.8 Å². The predicted molar refractivity (Wildman–Crippen MR) is 70.8 cm³/mol. The van der Waals surface area contributed by atoms with E-state index in [0.29, 0.717) is 29.3 Å². The molecular weight excluding hydrogens is 226 g/mol. The molecule has 0 bridgehead atoms. The van der Waals surface area contributed by atoms with E-state index < -0.39 is 0 Å². The number of nitriles is 1.